The fraction of sp³-hybridized carbons (Fsp3) is 0.800. The van der Waals surface area contributed by atoms with Gasteiger partial charge in [0.2, 0.25) is 0 Å². The van der Waals surface area contributed by atoms with Crippen molar-refractivity contribution in [1.82, 2.24) is 0 Å². The summed E-state index contributed by atoms with van der Waals surface area (Å²) in [6, 6.07) is 0. The summed E-state index contributed by atoms with van der Waals surface area (Å²) in [6.07, 6.45) is 9.34. The minimum absolute atomic E-state index is 0.823. The third kappa shape index (κ3) is 4.81. The molecule has 0 N–H and O–H groups in total. The van der Waals surface area contributed by atoms with Gasteiger partial charge in [0.25, 0.3) is 0 Å². The molecule has 0 unspecified atom stereocenters. The number of hydrogen-bond acceptors (Lipinski definition) is 3. The van der Waals surface area contributed by atoms with Crippen molar-refractivity contribution in [3.8, 4) is 0 Å². The van der Waals surface area contributed by atoms with E-state index in [1.165, 1.54) is 0 Å². The van der Waals surface area contributed by atoms with E-state index in [9.17, 15) is 14.4 Å². The normalized spacial score (nSPS) is 13.8. The van der Waals surface area contributed by atoms with Crippen molar-refractivity contribution in [2.75, 3.05) is 18.5 Å². The molecule has 3 nitrogen and oxygen atoms in total. The molecule has 0 fully saturated rings. The predicted molar refractivity (Wildman–Crippen MR) is 87.9 cm³/mol. The Hall–Kier alpha value is 0.0634. The van der Waals surface area contributed by atoms with E-state index in [1.807, 2.05) is 0 Å². The van der Waals surface area contributed by atoms with Crippen molar-refractivity contribution in [2.45, 2.75) is 59.3 Å². The molecule has 0 radical (unpaired) electrons. The van der Waals surface area contributed by atoms with E-state index in [0.717, 1.165) is 71.7 Å². The van der Waals surface area contributed by atoms with E-state index in [4.69, 9.17) is 0 Å². The molecule has 0 aliphatic heterocycles. The molecule has 0 heterocycles. The molecule has 20 heavy (non-hydrogen) atoms. The molecule has 0 saturated heterocycles. The Balaban J connectivity index is 5.56. The number of hydrogen-bond donors (Lipinski definition) is 0. The summed E-state index contributed by atoms with van der Waals surface area (Å²) in [4.78, 5) is 37.5. The molecule has 5 heteroatoms. The van der Waals surface area contributed by atoms with E-state index in [2.05, 4.69) is 20.8 Å². The predicted octanol–water partition coefficient (Wildman–Crippen LogP) is 3.78. The number of carbonyl (C=O) groups excluding carboxylic acids is 3. The van der Waals surface area contributed by atoms with Gasteiger partial charge in [0.05, 0.1) is 0 Å². The van der Waals surface area contributed by atoms with Crippen molar-refractivity contribution < 1.29 is 28.7 Å². The van der Waals surface area contributed by atoms with Crippen molar-refractivity contribution in [2.24, 2.45) is 0 Å². The molecule has 0 saturated carbocycles. The second-order valence-electron chi connectivity index (χ2n) is 5.35. The Morgan fingerprint density at radius 2 is 1.00 bits per heavy atom. The third-order valence-corrected chi connectivity index (χ3v) is 26.0. The molecule has 0 aliphatic carbocycles. The molecule has 0 atom stereocenters. The number of rotatable bonds is 13. The average molecular weight is 391 g/mol. The maximum atomic E-state index is 11.7. The van der Waals surface area contributed by atoms with Crippen LogP contribution in [0.25, 0.3) is 0 Å². The van der Waals surface area contributed by atoms with Gasteiger partial charge < -0.3 is 0 Å². The monoisotopic (exact) mass is 392 g/mol. The summed E-state index contributed by atoms with van der Waals surface area (Å²) in [5, 5.41) is 0. The van der Waals surface area contributed by atoms with Gasteiger partial charge >= 0.3 is 127 Å². The molecular weight excluding hydrogens is 360 g/mol. The second-order valence-corrected chi connectivity index (χ2v) is 22.7. The first-order valence-corrected chi connectivity index (χ1v) is 15.8. The molecule has 0 aromatic carbocycles. The maximum absolute atomic E-state index is 11.7. The van der Waals surface area contributed by atoms with Crippen LogP contribution in [0.3, 0.4) is 0 Å². The van der Waals surface area contributed by atoms with Gasteiger partial charge in [-0.25, -0.2) is 0 Å². The van der Waals surface area contributed by atoms with Gasteiger partial charge in [0.1, 0.15) is 0 Å². The Kier molecular flexibility index (Phi) is 10.8. The minimum atomic E-state index is -3.39. The Morgan fingerprint density at radius 3 is 1.20 bits per heavy atom. The van der Waals surface area contributed by atoms with Gasteiger partial charge in [-0.3, -0.25) is 0 Å². The van der Waals surface area contributed by atoms with Crippen LogP contribution in [0, 0.1) is 0 Å². The first kappa shape index (κ1) is 20.1. The van der Waals surface area contributed by atoms with E-state index in [-0.39, 0.29) is 0 Å². The van der Waals surface area contributed by atoms with Gasteiger partial charge in [0.15, 0.2) is 0 Å². The van der Waals surface area contributed by atoms with Gasteiger partial charge in [-0.1, -0.05) is 0 Å². The fourth-order valence-corrected chi connectivity index (χ4v) is 21.5. The van der Waals surface area contributed by atoms with Crippen LogP contribution >= 0.6 is 5.59 Å². The van der Waals surface area contributed by atoms with E-state index >= 15 is 0 Å². The quantitative estimate of drug-likeness (QED) is 0.273. The molecule has 122 valence electrons. The standard InChI is InChI=1S/C12H27P.3CHO.Ru/c1-4-7-10-13(11-8-5-2)12-9-6-3;3*1-2;/h4-12H2,1-3H3;3*1H;/q;;;;-1/p+1. The first-order valence-electron chi connectivity index (χ1n) is 7.68. The van der Waals surface area contributed by atoms with Crippen LogP contribution in [-0.2, 0) is 28.7 Å². The second kappa shape index (κ2) is 10.7. The van der Waals surface area contributed by atoms with E-state index in [1.54, 1.807) is 0 Å². The van der Waals surface area contributed by atoms with Gasteiger partial charge in [0, 0.05) is 0 Å². The van der Waals surface area contributed by atoms with Crippen LogP contribution in [0.5, 0.6) is 0 Å². The third-order valence-electron chi connectivity index (χ3n) is 3.98. The van der Waals surface area contributed by atoms with Gasteiger partial charge in [-0.15, -0.1) is 0 Å². The molecule has 0 aromatic rings. The summed E-state index contributed by atoms with van der Waals surface area (Å²) in [6.45, 7) is 6.40. The van der Waals surface area contributed by atoms with Crippen molar-refractivity contribution in [3.63, 3.8) is 0 Å². The number of carbonyl (C=O) groups is 3. The van der Waals surface area contributed by atoms with Crippen LogP contribution in [0.2, 0.25) is 0 Å². The summed E-state index contributed by atoms with van der Waals surface area (Å²) < 4.78 is 0. The first-order chi connectivity index (χ1) is 9.61. The summed E-state index contributed by atoms with van der Waals surface area (Å²) >= 11 is -3.39. The van der Waals surface area contributed by atoms with Gasteiger partial charge in [-0.2, -0.15) is 0 Å². The Labute approximate surface area is 126 Å². The Bertz CT molecular complexity index is 264. The van der Waals surface area contributed by atoms with Crippen LogP contribution in [0.15, 0.2) is 0 Å². The van der Waals surface area contributed by atoms with E-state index < -0.39 is 19.9 Å². The molecular formula is C15H31O3PRu. The molecule has 0 amide bonds. The topological polar surface area (TPSA) is 51.2 Å². The fourth-order valence-electron chi connectivity index (χ4n) is 2.63. The van der Waals surface area contributed by atoms with Crippen molar-refractivity contribution >= 4 is 20.2 Å². The molecule has 0 aromatic heterocycles. The number of unbranched alkanes of at least 4 members (excludes halogenated alkanes) is 3. The van der Waals surface area contributed by atoms with Crippen LogP contribution in [0.4, 0.5) is 0 Å². The zero-order valence-electron chi connectivity index (χ0n) is 13.2. The molecule has 0 rings (SSSR count). The van der Waals surface area contributed by atoms with Crippen LogP contribution < -0.4 is 0 Å². The van der Waals surface area contributed by atoms with Gasteiger partial charge in [-0.05, 0) is 0 Å². The summed E-state index contributed by atoms with van der Waals surface area (Å²) in [5.74, 6) is 0. The summed E-state index contributed by atoms with van der Waals surface area (Å²) in [7, 11) is 0. The molecule has 0 aliphatic rings. The average Bonchev–Trinajstić information content (AvgIpc) is 2.50. The van der Waals surface area contributed by atoms with Crippen molar-refractivity contribution in [1.29, 1.82) is 0 Å². The molecule has 0 bridgehead atoms. The van der Waals surface area contributed by atoms with Crippen molar-refractivity contribution in [3.05, 3.63) is 0 Å². The van der Waals surface area contributed by atoms with Crippen LogP contribution in [0.1, 0.15) is 59.3 Å². The van der Waals surface area contributed by atoms with Crippen LogP contribution in [-0.4, -0.2) is 33.1 Å². The SMILES string of the molecule is CCCC[PH](CCCC)(CCCC)[Ru]([CH]=O)([CH]=O)[CH]=O. The molecule has 0 spiro atoms. The zero-order valence-corrected chi connectivity index (χ0v) is 15.9. The van der Waals surface area contributed by atoms with E-state index in [0.29, 0.717) is 0 Å². The Morgan fingerprint density at radius 1 is 0.700 bits per heavy atom. The summed E-state index contributed by atoms with van der Waals surface area (Å²) in [5.41, 5.74) is -2.07. The zero-order chi connectivity index (χ0) is 15.5.